The number of hydrogen-bond acceptors (Lipinski definition) is 3. The van der Waals surface area contributed by atoms with Gasteiger partial charge in [0.15, 0.2) is 5.78 Å². The second kappa shape index (κ2) is 6.94. The lowest BCUT2D eigenvalue weighted by atomic mass is 9.98. The van der Waals surface area contributed by atoms with Crippen LogP contribution in [0.3, 0.4) is 0 Å². The third kappa shape index (κ3) is 3.36. The first kappa shape index (κ1) is 16.8. The van der Waals surface area contributed by atoms with Gasteiger partial charge in [-0.1, -0.05) is 61.4 Å². The molecule has 134 valence electrons. The predicted molar refractivity (Wildman–Crippen MR) is 100 cm³/mol. The maximum atomic E-state index is 12.3. The van der Waals surface area contributed by atoms with Crippen LogP contribution >= 0.6 is 0 Å². The molecule has 1 atom stereocenters. The first-order valence-electron chi connectivity index (χ1n) is 9.25. The Hall–Kier alpha value is -2.62. The van der Waals surface area contributed by atoms with Crippen molar-refractivity contribution >= 4 is 11.9 Å². The molecule has 1 amide bonds. The van der Waals surface area contributed by atoms with Gasteiger partial charge in [0, 0.05) is 5.92 Å². The summed E-state index contributed by atoms with van der Waals surface area (Å²) >= 11 is 0. The number of Topliss-reactive ketones (excluding diaryl/α,β-unsaturated/α-hetero) is 1. The molecule has 2 aliphatic carbocycles. The SMILES string of the molecule is CC(=O)[C@H](CC1CC1)NC(=O)OCC1c2ccccc2-c2ccccc21. The number of fused-ring (bicyclic) bond motifs is 3. The smallest absolute Gasteiger partial charge is 0.407 e. The van der Waals surface area contributed by atoms with Gasteiger partial charge in [-0.05, 0) is 41.5 Å². The first-order chi connectivity index (χ1) is 12.6. The van der Waals surface area contributed by atoms with Crippen LogP contribution in [0.25, 0.3) is 11.1 Å². The quantitative estimate of drug-likeness (QED) is 0.847. The van der Waals surface area contributed by atoms with E-state index in [4.69, 9.17) is 4.74 Å². The summed E-state index contributed by atoms with van der Waals surface area (Å²) in [5.41, 5.74) is 4.77. The second-order valence-electron chi connectivity index (χ2n) is 7.31. The van der Waals surface area contributed by atoms with Gasteiger partial charge >= 0.3 is 6.09 Å². The molecule has 1 saturated carbocycles. The molecule has 0 saturated heterocycles. The van der Waals surface area contributed by atoms with Gasteiger partial charge in [-0.3, -0.25) is 4.79 Å². The second-order valence-corrected chi connectivity index (χ2v) is 7.31. The number of hydrogen-bond donors (Lipinski definition) is 1. The van der Waals surface area contributed by atoms with Crippen molar-refractivity contribution in [1.29, 1.82) is 0 Å². The molecule has 0 radical (unpaired) electrons. The van der Waals surface area contributed by atoms with Crippen LogP contribution in [-0.2, 0) is 9.53 Å². The van der Waals surface area contributed by atoms with Crippen LogP contribution in [0.2, 0.25) is 0 Å². The number of carbonyl (C=O) groups excluding carboxylic acids is 2. The molecule has 0 aromatic heterocycles. The fraction of sp³-hybridized carbons (Fsp3) is 0.364. The Morgan fingerprint density at radius 3 is 2.15 bits per heavy atom. The first-order valence-corrected chi connectivity index (χ1v) is 9.25. The van der Waals surface area contributed by atoms with E-state index in [1.54, 1.807) is 0 Å². The van der Waals surface area contributed by atoms with Gasteiger partial charge in [0.1, 0.15) is 6.61 Å². The number of carbonyl (C=O) groups is 2. The fourth-order valence-electron chi connectivity index (χ4n) is 3.80. The van der Waals surface area contributed by atoms with Crippen molar-refractivity contribution in [2.75, 3.05) is 6.61 Å². The highest BCUT2D eigenvalue weighted by Gasteiger charge is 2.31. The van der Waals surface area contributed by atoms with Gasteiger partial charge in [0.2, 0.25) is 0 Å². The van der Waals surface area contributed by atoms with Crippen molar-refractivity contribution in [1.82, 2.24) is 5.32 Å². The van der Waals surface area contributed by atoms with Gasteiger partial charge in [-0.25, -0.2) is 4.79 Å². The van der Waals surface area contributed by atoms with E-state index in [0.717, 1.165) is 19.3 Å². The van der Waals surface area contributed by atoms with Gasteiger partial charge < -0.3 is 10.1 Å². The van der Waals surface area contributed by atoms with Crippen LogP contribution in [0.1, 0.15) is 43.2 Å². The molecule has 1 fully saturated rings. The molecular weight excluding hydrogens is 326 g/mol. The van der Waals surface area contributed by atoms with Crippen LogP contribution < -0.4 is 5.32 Å². The lowest BCUT2D eigenvalue weighted by molar-refractivity contribution is -0.119. The monoisotopic (exact) mass is 349 g/mol. The third-order valence-electron chi connectivity index (χ3n) is 5.39. The Morgan fingerprint density at radius 2 is 1.62 bits per heavy atom. The lowest BCUT2D eigenvalue weighted by Gasteiger charge is -2.18. The summed E-state index contributed by atoms with van der Waals surface area (Å²) in [7, 11) is 0. The molecule has 0 spiro atoms. The molecule has 2 aliphatic rings. The van der Waals surface area contributed by atoms with E-state index in [-0.39, 0.29) is 18.3 Å². The van der Waals surface area contributed by atoms with Crippen LogP contribution in [0, 0.1) is 5.92 Å². The van der Waals surface area contributed by atoms with E-state index >= 15 is 0 Å². The summed E-state index contributed by atoms with van der Waals surface area (Å²) in [6.45, 7) is 1.80. The molecule has 4 heteroatoms. The lowest BCUT2D eigenvalue weighted by Crippen LogP contribution is -2.40. The van der Waals surface area contributed by atoms with Gasteiger partial charge in [-0.15, -0.1) is 0 Å². The zero-order chi connectivity index (χ0) is 18.1. The molecule has 0 heterocycles. The predicted octanol–water partition coefficient (Wildman–Crippen LogP) is 4.28. The third-order valence-corrected chi connectivity index (χ3v) is 5.39. The summed E-state index contributed by atoms with van der Waals surface area (Å²) in [5.74, 6) is 0.593. The number of ketones is 1. The van der Waals surface area contributed by atoms with Crippen molar-refractivity contribution in [3.63, 3.8) is 0 Å². The van der Waals surface area contributed by atoms with Crippen LogP contribution in [0.15, 0.2) is 48.5 Å². The molecule has 0 unspecified atom stereocenters. The molecule has 2 aromatic carbocycles. The average Bonchev–Trinajstić information content (AvgIpc) is 3.40. The standard InChI is InChI=1S/C22H23NO3/c1-14(24)21(12-15-10-11-15)23-22(25)26-13-20-18-8-4-2-6-16(18)17-7-3-5-9-19(17)20/h2-9,15,20-21H,10-13H2,1H3,(H,23,25)/t21-/m0/s1. The Balaban J connectivity index is 1.44. The van der Waals surface area contributed by atoms with Gasteiger partial charge in [0.25, 0.3) is 0 Å². The van der Waals surface area contributed by atoms with Crippen molar-refractivity contribution in [2.24, 2.45) is 5.92 Å². The van der Waals surface area contributed by atoms with Crippen molar-refractivity contribution in [2.45, 2.75) is 38.1 Å². The summed E-state index contributed by atoms with van der Waals surface area (Å²) in [6, 6.07) is 16.0. The van der Waals surface area contributed by atoms with Gasteiger partial charge in [0.05, 0.1) is 6.04 Å². The van der Waals surface area contributed by atoms with E-state index in [9.17, 15) is 9.59 Å². The molecule has 1 N–H and O–H groups in total. The summed E-state index contributed by atoms with van der Waals surface area (Å²) < 4.78 is 5.52. The number of benzene rings is 2. The van der Waals surface area contributed by atoms with E-state index in [0.29, 0.717) is 5.92 Å². The zero-order valence-corrected chi connectivity index (χ0v) is 14.9. The highest BCUT2D eigenvalue weighted by atomic mass is 16.5. The number of rotatable bonds is 6. The molecule has 4 nitrogen and oxygen atoms in total. The van der Waals surface area contributed by atoms with E-state index in [2.05, 4.69) is 29.6 Å². The fourth-order valence-corrected chi connectivity index (χ4v) is 3.80. The molecule has 0 bridgehead atoms. The summed E-state index contributed by atoms with van der Waals surface area (Å²) in [4.78, 5) is 24.0. The Kier molecular flexibility index (Phi) is 4.49. The number of alkyl carbamates (subject to hydrolysis) is 1. The molecular formula is C22H23NO3. The van der Waals surface area contributed by atoms with Crippen LogP contribution in [0.5, 0.6) is 0 Å². The molecule has 26 heavy (non-hydrogen) atoms. The number of ether oxygens (including phenoxy) is 1. The Bertz CT molecular complexity index is 795. The Labute approximate surface area is 153 Å². The van der Waals surface area contributed by atoms with Crippen molar-refractivity contribution in [3.8, 4) is 11.1 Å². The van der Waals surface area contributed by atoms with Gasteiger partial charge in [-0.2, -0.15) is 0 Å². The average molecular weight is 349 g/mol. The van der Waals surface area contributed by atoms with E-state index < -0.39 is 12.1 Å². The molecule has 0 aliphatic heterocycles. The zero-order valence-electron chi connectivity index (χ0n) is 14.9. The van der Waals surface area contributed by atoms with Crippen LogP contribution in [0.4, 0.5) is 4.79 Å². The minimum absolute atomic E-state index is 0.00888. The largest absolute Gasteiger partial charge is 0.449 e. The number of amides is 1. The highest BCUT2D eigenvalue weighted by Crippen LogP contribution is 2.44. The van der Waals surface area contributed by atoms with E-state index in [1.165, 1.54) is 29.2 Å². The molecule has 4 rings (SSSR count). The van der Waals surface area contributed by atoms with Crippen molar-refractivity contribution < 1.29 is 14.3 Å². The summed E-state index contributed by atoms with van der Waals surface area (Å²) in [6.07, 6.45) is 2.51. The summed E-state index contributed by atoms with van der Waals surface area (Å²) in [5, 5.41) is 2.75. The topological polar surface area (TPSA) is 55.4 Å². The minimum atomic E-state index is -0.507. The maximum absolute atomic E-state index is 12.3. The Morgan fingerprint density at radius 1 is 1.04 bits per heavy atom. The van der Waals surface area contributed by atoms with Crippen molar-refractivity contribution in [3.05, 3.63) is 59.7 Å². The van der Waals surface area contributed by atoms with Crippen LogP contribution in [-0.4, -0.2) is 24.5 Å². The normalized spacial score (nSPS) is 16.5. The maximum Gasteiger partial charge on any atom is 0.407 e. The number of nitrogens with one attached hydrogen (secondary N) is 1. The highest BCUT2D eigenvalue weighted by molar-refractivity contribution is 5.85. The minimum Gasteiger partial charge on any atom is -0.449 e. The van der Waals surface area contributed by atoms with E-state index in [1.807, 2.05) is 24.3 Å². The molecule has 2 aromatic rings.